The number of aromatic nitrogens is 2. The number of nitrogens with zero attached hydrogens (tertiary/aromatic N) is 2. The van der Waals surface area contributed by atoms with E-state index in [9.17, 15) is 9.59 Å². The molecule has 6 rings (SSSR count). The minimum atomic E-state index is -0.398. The number of carbonyl (C=O) groups excluding carboxylic acids is 2. The number of benzene rings is 3. The summed E-state index contributed by atoms with van der Waals surface area (Å²) < 4.78 is 8.52. The first-order chi connectivity index (χ1) is 19.0. The number of imide groups is 1. The third-order valence-electron chi connectivity index (χ3n) is 7.17. The number of aryl methyl sites for hydroxylation is 1. The van der Waals surface area contributed by atoms with E-state index in [0.29, 0.717) is 34.6 Å². The van der Waals surface area contributed by atoms with Gasteiger partial charge in [-0.1, -0.05) is 54.6 Å². The van der Waals surface area contributed by atoms with Crippen molar-refractivity contribution in [2.24, 2.45) is 0 Å². The van der Waals surface area contributed by atoms with Crippen molar-refractivity contribution in [1.82, 2.24) is 19.8 Å². The average Bonchev–Trinajstić information content (AvgIpc) is 3.60. The quantitative estimate of drug-likeness (QED) is 0.262. The molecule has 196 valence electrons. The summed E-state index contributed by atoms with van der Waals surface area (Å²) in [6, 6.07) is 23.7. The van der Waals surface area contributed by atoms with Gasteiger partial charge in [-0.15, -0.1) is 0 Å². The Balaban J connectivity index is 1.54. The van der Waals surface area contributed by atoms with Crippen molar-refractivity contribution in [2.75, 3.05) is 20.6 Å². The van der Waals surface area contributed by atoms with Crippen LogP contribution in [-0.4, -0.2) is 46.9 Å². The number of aromatic amines is 1. The molecule has 0 unspecified atom stereocenters. The number of H-pyrrole nitrogens is 1. The first-order valence-electron chi connectivity index (χ1n) is 13.1. The van der Waals surface area contributed by atoms with E-state index in [0.717, 1.165) is 46.9 Å². The van der Waals surface area contributed by atoms with Gasteiger partial charge in [0.05, 0.1) is 16.7 Å². The predicted molar refractivity (Wildman–Crippen MR) is 154 cm³/mol. The van der Waals surface area contributed by atoms with Crippen LogP contribution in [0.3, 0.4) is 0 Å². The molecule has 7 nitrogen and oxygen atoms in total. The molecule has 7 heteroatoms. The van der Waals surface area contributed by atoms with Crippen molar-refractivity contribution in [2.45, 2.75) is 19.6 Å². The fourth-order valence-electron chi connectivity index (χ4n) is 5.35. The second-order valence-electron chi connectivity index (χ2n) is 10.1. The second-order valence-corrected chi connectivity index (χ2v) is 10.1. The zero-order chi connectivity index (χ0) is 26.9. The molecule has 2 amide bonds. The molecule has 0 fully saturated rings. The van der Waals surface area contributed by atoms with E-state index in [4.69, 9.17) is 4.74 Å². The summed E-state index contributed by atoms with van der Waals surface area (Å²) in [5, 5.41) is 4.28. The highest BCUT2D eigenvalue weighted by atomic mass is 16.5. The van der Waals surface area contributed by atoms with Gasteiger partial charge < -0.3 is 19.2 Å². The third-order valence-corrected chi connectivity index (χ3v) is 7.17. The van der Waals surface area contributed by atoms with Gasteiger partial charge in [-0.05, 0) is 50.8 Å². The molecule has 3 heterocycles. The second kappa shape index (κ2) is 10.3. The Bertz CT molecular complexity index is 1730. The highest BCUT2D eigenvalue weighted by molar-refractivity contribution is 6.51. The maximum Gasteiger partial charge on any atom is 0.259 e. The number of para-hydroxylation sites is 1. The summed E-state index contributed by atoms with van der Waals surface area (Å²) in [5.74, 6) is -0.114. The van der Waals surface area contributed by atoms with Gasteiger partial charge in [0, 0.05) is 46.4 Å². The minimum absolute atomic E-state index is 0.372. The third kappa shape index (κ3) is 4.62. The monoisotopic (exact) mass is 518 g/mol. The molecule has 0 saturated carbocycles. The summed E-state index contributed by atoms with van der Waals surface area (Å²) in [5.41, 5.74) is 5.08. The van der Waals surface area contributed by atoms with E-state index >= 15 is 0 Å². The summed E-state index contributed by atoms with van der Waals surface area (Å²) >= 11 is 0. The van der Waals surface area contributed by atoms with Crippen molar-refractivity contribution in [3.8, 4) is 5.75 Å². The molecule has 3 aromatic carbocycles. The molecule has 5 aromatic rings. The van der Waals surface area contributed by atoms with E-state index < -0.39 is 11.8 Å². The standard InChI is InChI=1S/C32H30N4O3/c1-35(2)16-9-17-36-19-24(28-26(36)14-8-15-27(28)39-20-21-10-4-3-5-11-21)30-29(31(37)34-32(30)38)23-18-33-25-13-7-6-12-22(23)25/h3-8,10-15,18-19,33H,9,16-17,20H2,1-2H3,(H,34,37,38). The number of amides is 2. The SMILES string of the molecule is CN(C)CCCn1cc(C2=C(c3c[nH]c4ccccc34)C(=O)NC2=O)c2c(OCc3ccccc3)cccc21. The Labute approximate surface area is 226 Å². The number of fused-ring (bicyclic) bond motifs is 2. The summed E-state index contributed by atoms with van der Waals surface area (Å²) in [6.07, 6.45) is 4.74. The lowest BCUT2D eigenvalue weighted by Crippen LogP contribution is -2.22. The van der Waals surface area contributed by atoms with Gasteiger partial charge in [-0.25, -0.2) is 0 Å². The van der Waals surface area contributed by atoms with Gasteiger partial charge in [0.25, 0.3) is 11.8 Å². The van der Waals surface area contributed by atoms with Crippen LogP contribution in [0.5, 0.6) is 5.75 Å². The largest absolute Gasteiger partial charge is 0.488 e. The van der Waals surface area contributed by atoms with Crippen LogP contribution >= 0.6 is 0 Å². The highest BCUT2D eigenvalue weighted by Gasteiger charge is 2.35. The number of nitrogens with one attached hydrogen (secondary N) is 2. The molecule has 2 aromatic heterocycles. The van der Waals surface area contributed by atoms with E-state index in [1.54, 1.807) is 6.20 Å². The molecule has 1 aliphatic heterocycles. The molecule has 0 bridgehead atoms. The van der Waals surface area contributed by atoms with Crippen LogP contribution in [0.25, 0.3) is 33.0 Å². The topological polar surface area (TPSA) is 79.4 Å². The lowest BCUT2D eigenvalue weighted by molar-refractivity contribution is -0.122. The van der Waals surface area contributed by atoms with Gasteiger partial charge in [-0.3, -0.25) is 14.9 Å². The molecule has 1 aliphatic rings. The van der Waals surface area contributed by atoms with Crippen LogP contribution in [0.15, 0.2) is 85.2 Å². The van der Waals surface area contributed by atoms with Crippen LogP contribution in [0, 0.1) is 0 Å². The number of ether oxygens (including phenoxy) is 1. The van der Waals surface area contributed by atoms with Crippen molar-refractivity contribution in [3.63, 3.8) is 0 Å². The van der Waals surface area contributed by atoms with Gasteiger partial charge in [-0.2, -0.15) is 0 Å². The lowest BCUT2D eigenvalue weighted by atomic mass is 9.95. The van der Waals surface area contributed by atoms with Crippen LogP contribution in [-0.2, 0) is 22.7 Å². The highest BCUT2D eigenvalue weighted by Crippen LogP contribution is 2.41. The number of hydrogen-bond acceptors (Lipinski definition) is 4. The zero-order valence-electron chi connectivity index (χ0n) is 22.0. The fraction of sp³-hybridized carbons (Fsp3) is 0.188. The molecule has 0 spiro atoms. The van der Waals surface area contributed by atoms with Gasteiger partial charge in [0.2, 0.25) is 0 Å². The molecule has 0 saturated heterocycles. The van der Waals surface area contributed by atoms with Crippen molar-refractivity contribution in [1.29, 1.82) is 0 Å². The summed E-state index contributed by atoms with van der Waals surface area (Å²) in [6.45, 7) is 2.09. The van der Waals surface area contributed by atoms with Gasteiger partial charge in [0.15, 0.2) is 0 Å². The molecule has 0 aliphatic carbocycles. The molecule has 2 N–H and O–H groups in total. The molecule has 0 atom stereocenters. The van der Waals surface area contributed by atoms with Crippen LogP contribution in [0.2, 0.25) is 0 Å². The van der Waals surface area contributed by atoms with Crippen molar-refractivity contribution in [3.05, 3.63) is 102 Å². The van der Waals surface area contributed by atoms with Crippen molar-refractivity contribution < 1.29 is 14.3 Å². The summed E-state index contributed by atoms with van der Waals surface area (Å²) in [4.78, 5) is 32.1. The normalized spacial score (nSPS) is 13.7. The molecular formula is C32H30N4O3. The lowest BCUT2D eigenvalue weighted by Gasteiger charge is -2.11. The van der Waals surface area contributed by atoms with E-state index in [2.05, 4.69) is 33.9 Å². The molecule has 39 heavy (non-hydrogen) atoms. The Morgan fingerprint density at radius 3 is 2.38 bits per heavy atom. The van der Waals surface area contributed by atoms with E-state index in [-0.39, 0.29) is 0 Å². The summed E-state index contributed by atoms with van der Waals surface area (Å²) in [7, 11) is 4.11. The van der Waals surface area contributed by atoms with Crippen LogP contribution in [0.4, 0.5) is 0 Å². The Hall–Kier alpha value is -4.62. The van der Waals surface area contributed by atoms with Gasteiger partial charge in [0.1, 0.15) is 12.4 Å². The van der Waals surface area contributed by atoms with E-state index in [1.165, 1.54) is 0 Å². The number of rotatable bonds is 9. The van der Waals surface area contributed by atoms with Crippen LogP contribution in [0.1, 0.15) is 23.1 Å². The Morgan fingerprint density at radius 2 is 1.59 bits per heavy atom. The average molecular weight is 519 g/mol. The Morgan fingerprint density at radius 1 is 0.846 bits per heavy atom. The van der Waals surface area contributed by atoms with E-state index in [1.807, 2.05) is 79.0 Å². The van der Waals surface area contributed by atoms with Gasteiger partial charge >= 0.3 is 0 Å². The first-order valence-corrected chi connectivity index (χ1v) is 13.1. The first kappa shape index (κ1) is 24.7. The number of hydrogen-bond donors (Lipinski definition) is 2. The smallest absolute Gasteiger partial charge is 0.259 e. The molecular weight excluding hydrogens is 488 g/mol. The maximum atomic E-state index is 13.4. The zero-order valence-corrected chi connectivity index (χ0v) is 22.0. The minimum Gasteiger partial charge on any atom is -0.488 e. The predicted octanol–water partition coefficient (Wildman–Crippen LogP) is 5.22. The molecule has 0 radical (unpaired) electrons. The van der Waals surface area contributed by atoms with Crippen molar-refractivity contribution >= 4 is 44.8 Å². The fourth-order valence-corrected chi connectivity index (χ4v) is 5.35. The Kier molecular flexibility index (Phi) is 6.50. The maximum absolute atomic E-state index is 13.4. The van der Waals surface area contributed by atoms with Crippen LogP contribution < -0.4 is 10.1 Å². The number of carbonyl (C=O) groups is 2.